The van der Waals surface area contributed by atoms with Crippen LogP contribution in [0.5, 0.6) is 0 Å². The van der Waals surface area contributed by atoms with E-state index in [4.69, 9.17) is 4.74 Å². The molecule has 0 radical (unpaired) electrons. The predicted octanol–water partition coefficient (Wildman–Crippen LogP) is 5.41. The number of aromatic nitrogens is 3. The minimum atomic E-state index is -4.50. The maximum Gasteiger partial charge on any atom is 0.405 e. The van der Waals surface area contributed by atoms with Crippen molar-refractivity contribution >= 4 is 23.3 Å². The van der Waals surface area contributed by atoms with E-state index in [1.807, 2.05) is 30.3 Å². The summed E-state index contributed by atoms with van der Waals surface area (Å²) in [7, 11) is 0. The van der Waals surface area contributed by atoms with Gasteiger partial charge in [0.1, 0.15) is 6.54 Å². The van der Waals surface area contributed by atoms with Crippen LogP contribution < -0.4 is 10.6 Å². The molecule has 0 aliphatic carbocycles. The van der Waals surface area contributed by atoms with Crippen molar-refractivity contribution in [2.45, 2.75) is 25.9 Å². The van der Waals surface area contributed by atoms with Crippen LogP contribution in [-0.4, -0.2) is 45.9 Å². The summed E-state index contributed by atoms with van der Waals surface area (Å²) in [6.45, 7) is 2.47. The number of alkyl halides is 3. The SMILES string of the molecule is CCOC(=O)C(C)c1ccc(-c2cnn3c(-c4cccc(NC(=O)NCC(F)(F)F)c4)cnc3c2)cc1. The quantitative estimate of drug-likeness (QED) is 0.323. The molecular formula is C26H24F3N5O3. The molecule has 0 aliphatic rings. The van der Waals surface area contributed by atoms with Crippen molar-refractivity contribution in [3.05, 3.63) is 72.6 Å². The Morgan fingerprint density at radius 2 is 1.78 bits per heavy atom. The molecule has 2 aromatic heterocycles. The van der Waals surface area contributed by atoms with Crippen LogP contribution in [0, 0.1) is 0 Å². The van der Waals surface area contributed by atoms with Crippen molar-refractivity contribution in [2.24, 2.45) is 0 Å². The standard InChI is InChI=1S/C26H24F3N5O3/c1-3-37-24(35)16(2)17-7-9-18(10-8-17)20-12-23-30-14-22(34(23)32-13-20)19-5-4-6-21(11-19)33-25(36)31-15-26(27,28)29/h4-14,16H,3,15H2,1-2H3,(H2,31,33,36). The summed E-state index contributed by atoms with van der Waals surface area (Å²) < 4.78 is 43.7. The zero-order chi connectivity index (χ0) is 26.6. The molecule has 0 spiro atoms. The second-order valence-corrected chi connectivity index (χ2v) is 8.26. The van der Waals surface area contributed by atoms with E-state index in [9.17, 15) is 22.8 Å². The van der Waals surface area contributed by atoms with E-state index in [1.54, 1.807) is 60.3 Å². The number of hydrogen-bond acceptors (Lipinski definition) is 5. The molecule has 192 valence electrons. The Bertz CT molecular complexity index is 1420. The summed E-state index contributed by atoms with van der Waals surface area (Å²) >= 11 is 0. The topological polar surface area (TPSA) is 97.6 Å². The summed E-state index contributed by atoms with van der Waals surface area (Å²) in [4.78, 5) is 28.2. The van der Waals surface area contributed by atoms with E-state index < -0.39 is 18.8 Å². The number of halogens is 3. The summed E-state index contributed by atoms with van der Waals surface area (Å²) in [5.41, 5.74) is 4.78. The van der Waals surface area contributed by atoms with E-state index >= 15 is 0 Å². The van der Waals surface area contributed by atoms with Gasteiger partial charge in [0.15, 0.2) is 5.65 Å². The number of carbonyl (C=O) groups is 2. The fourth-order valence-electron chi connectivity index (χ4n) is 3.71. The minimum absolute atomic E-state index is 0.274. The third-order valence-corrected chi connectivity index (χ3v) is 5.61. The Kier molecular flexibility index (Phi) is 7.42. The number of benzene rings is 2. The van der Waals surface area contributed by atoms with Gasteiger partial charge in [-0.2, -0.15) is 18.3 Å². The molecule has 37 heavy (non-hydrogen) atoms. The number of amides is 2. The summed E-state index contributed by atoms with van der Waals surface area (Å²) in [6.07, 6.45) is -1.18. The molecule has 2 heterocycles. The van der Waals surface area contributed by atoms with Gasteiger partial charge in [0.05, 0.1) is 30.6 Å². The van der Waals surface area contributed by atoms with Gasteiger partial charge in [0.2, 0.25) is 0 Å². The molecule has 11 heteroatoms. The smallest absolute Gasteiger partial charge is 0.405 e. The van der Waals surface area contributed by atoms with E-state index in [1.165, 1.54) is 0 Å². The van der Waals surface area contributed by atoms with Crippen LogP contribution in [0.3, 0.4) is 0 Å². The van der Waals surface area contributed by atoms with Crippen molar-refractivity contribution in [1.29, 1.82) is 0 Å². The molecule has 8 nitrogen and oxygen atoms in total. The van der Waals surface area contributed by atoms with Crippen LogP contribution in [0.15, 0.2) is 67.0 Å². The van der Waals surface area contributed by atoms with Gasteiger partial charge in [0.25, 0.3) is 0 Å². The second-order valence-electron chi connectivity index (χ2n) is 8.26. The molecule has 2 N–H and O–H groups in total. The van der Waals surface area contributed by atoms with Gasteiger partial charge in [-0.25, -0.2) is 14.3 Å². The summed E-state index contributed by atoms with van der Waals surface area (Å²) in [5.74, 6) is -0.644. The second kappa shape index (κ2) is 10.7. The van der Waals surface area contributed by atoms with Crippen molar-refractivity contribution in [1.82, 2.24) is 19.9 Å². The summed E-state index contributed by atoms with van der Waals surface area (Å²) in [6, 6.07) is 15.1. The molecule has 1 unspecified atom stereocenters. The van der Waals surface area contributed by atoms with Crippen LogP contribution in [-0.2, 0) is 9.53 Å². The Labute approximate surface area is 210 Å². The molecule has 2 aromatic carbocycles. The van der Waals surface area contributed by atoms with E-state index in [0.29, 0.717) is 29.2 Å². The third kappa shape index (κ3) is 6.24. The first-order valence-corrected chi connectivity index (χ1v) is 11.5. The van der Waals surface area contributed by atoms with Crippen LogP contribution in [0.25, 0.3) is 28.0 Å². The number of imidazole rings is 1. The van der Waals surface area contributed by atoms with Gasteiger partial charge >= 0.3 is 18.2 Å². The number of esters is 1. The van der Waals surface area contributed by atoms with Gasteiger partial charge < -0.3 is 15.4 Å². The molecule has 1 atom stereocenters. The molecular weight excluding hydrogens is 487 g/mol. The highest BCUT2D eigenvalue weighted by molar-refractivity contribution is 5.90. The summed E-state index contributed by atoms with van der Waals surface area (Å²) in [5, 5.41) is 8.67. The maximum absolute atomic E-state index is 12.3. The van der Waals surface area contributed by atoms with Gasteiger partial charge in [0, 0.05) is 16.8 Å². The highest BCUT2D eigenvalue weighted by Crippen LogP contribution is 2.27. The maximum atomic E-state index is 12.3. The van der Waals surface area contributed by atoms with Crippen molar-refractivity contribution in [3.8, 4) is 22.4 Å². The van der Waals surface area contributed by atoms with Gasteiger partial charge in [-0.15, -0.1) is 0 Å². The van der Waals surface area contributed by atoms with Gasteiger partial charge in [-0.3, -0.25) is 4.79 Å². The van der Waals surface area contributed by atoms with Crippen LogP contribution >= 0.6 is 0 Å². The van der Waals surface area contributed by atoms with Crippen LogP contribution in [0.4, 0.5) is 23.7 Å². The number of rotatable bonds is 7. The van der Waals surface area contributed by atoms with Gasteiger partial charge in [-0.05, 0) is 43.2 Å². The molecule has 2 amide bonds. The molecule has 0 bridgehead atoms. The first-order valence-electron chi connectivity index (χ1n) is 11.5. The molecule has 0 aliphatic heterocycles. The van der Waals surface area contributed by atoms with Crippen molar-refractivity contribution in [3.63, 3.8) is 0 Å². The van der Waals surface area contributed by atoms with Gasteiger partial charge in [-0.1, -0.05) is 36.4 Å². The zero-order valence-corrected chi connectivity index (χ0v) is 20.0. The number of urea groups is 1. The number of carbonyl (C=O) groups excluding carboxylic acids is 2. The number of ether oxygens (including phenoxy) is 1. The van der Waals surface area contributed by atoms with E-state index in [-0.39, 0.29) is 11.9 Å². The molecule has 0 saturated heterocycles. The largest absolute Gasteiger partial charge is 0.466 e. The Morgan fingerprint density at radius 1 is 1.03 bits per heavy atom. The Hall–Kier alpha value is -4.41. The van der Waals surface area contributed by atoms with Crippen LogP contribution in [0.2, 0.25) is 0 Å². The fraction of sp³-hybridized carbons (Fsp3) is 0.231. The lowest BCUT2D eigenvalue weighted by molar-refractivity contribution is -0.144. The number of anilines is 1. The predicted molar refractivity (Wildman–Crippen MR) is 132 cm³/mol. The lowest BCUT2D eigenvalue weighted by Gasteiger charge is -2.11. The van der Waals surface area contributed by atoms with E-state index in [0.717, 1.165) is 16.7 Å². The van der Waals surface area contributed by atoms with Crippen molar-refractivity contribution < 1.29 is 27.5 Å². The highest BCUT2D eigenvalue weighted by Gasteiger charge is 2.27. The number of nitrogens with one attached hydrogen (secondary N) is 2. The van der Waals surface area contributed by atoms with E-state index in [2.05, 4.69) is 15.4 Å². The monoisotopic (exact) mass is 511 g/mol. The minimum Gasteiger partial charge on any atom is -0.466 e. The fourth-order valence-corrected chi connectivity index (χ4v) is 3.71. The molecule has 4 rings (SSSR count). The Balaban J connectivity index is 1.52. The van der Waals surface area contributed by atoms with Crippen molar-refractivity contribution in [2.75, 3.05) is 18.5 Å². The first-order chi connectivity index (χ1) is 17.6. The lowest BCUT2D eigenvalue weighted by atomic mass is 9.98. The number of nitrogens with zero attached hydrogens (tertiary/aromatic N) is 3. The third-order valence-electron chi connectivity index (χ3n) is 5.61. The van der Waals surface area contributed by atoms with Crippen LogP contribution in [0.1, 0.15) is 25.3 Å². The number of hydrogen-bond donors (Lipinski definition) is 2. The molecule has 0 saturated carbocycles. The first kappa shape index (κ1) is 25.7. The molecule has 4 aromatic rings. The normalized spacial score (nSPS) is 12.2. The highest BCUT2D eigenvalue weighted by atomic mass is 19.4. The zero-order valence-electron chi connectivity index (χ0n) is 20.0. The Morgan fingerprint density at radius 3 is 2.49 bits per heavy atom. The lowest BCUT2D eigenvalue weighted by Crippen LogP contribution is -2.36. The average Bonchev–Trinajstić information content (AvgIpc) is 3.30. The molecule has 0 fully saturated rings. The average molecular weight is 512 g/mol. The number of fused-ring (bicyclic) bond motifs is 1.